The van der Waals surface area contributed by atoms with Crippen LogP contribution in [0.15, 0.2) is 36.0 Å². The van der Waals surface area contributed by atoms with Crippen molar-refractivity contribution in [3.63, 3.8) is 0 Å². The molecule has 2 heterocycles. The molecule has 1 atom stereocenters. The van der Waals surface area contributed by atoms with E-state index in [2.05, 4.69) is 11.0 Å². The maximum Gasteiger partial charge on any atom is 0.416 e. The number of hydrogen-bond acceptors (Lipinski definition) is 1. The largest absolute Gasteiger partial charge is 0.416 e. The summed E-state index contributed by atoms with van der Waals surface area (Å²) < 4.78 is 37.5. The Bertz CT molecular complexity index is 473. The van der Waals surface area contributed by atoms with Gasteiger partial charge in [-0.15, -0.1) is 0 Å². The fraction of sp³-hybridized carbons (Fsp3) is 0.429. The van der Waals surface area contributed by atoms with Crippen molar-refractivity contribution in [3.8, 4) is 0 Å². The summed E-state index contributed by atoms with van der Waals surface area (Å²) in [5.41, 5.74) is 1.73. The molecule has 0 N–H and O–H groups in total. The third-order valence-electron chi connectivity index (χ3n) is 3.80. The summed E-state index contributed by atoms with van der Waals surface area (Å²) >= 11 is 0. The molecule has 0 aromatic heterocycles. The molecule has 1 nitrogen and oxygen atoms in total. The third-order valence-corrected chi connectivity index (χ3v) is 3.80. The average molecular weight is 253 g/mol. The number of hydrogen-bond donors (Lipinski definition) is 0. The first kappa shape index (κ1) is 11.6. The Hall–Kier alpha value is -1.45. The van der Waals surface area contributed by atoms with E-state index in [1.54, 1.807) is 12.1 Å². The van der Waals surface area contributed by atoms with Crippen LogP contribution in [-0.4, -0.2) is 18.0 Å². The summed E-state index contributed by atoms with van der Waals surface area (Å²) in [6, 6.07) is 5.62. The van der Waals surface area contributed by atoms with Gasteiger partial charge in [-0.05, 0) is 30.5 Å². The molecule has 0 spiro atoms. The molecule has 0 amide bonds. The number of halogens is 3. The minimum absolute atomic E-state index is 0.287. The molecule has 4 heteroatoms. The van der Waals surface area contributed by atoms with Crippen LogP contribution in [0.1, 0.15) is 29.9 Å². The van der Waals surface area contributed by atoms with Crippen molar-refractivity contribution >= 4 is 0 Å². The maximum absolute atomic E-state index is 12.5. The predicted molar refractivity (Wildman–Crippen MR) is 63.1 cm³/mol. The van der Waals surface area contributed by atoms with E-state index < -0.39 is 11.7 Å². The molecule has 0 bridgehead atoms. The number of allylic oxidation sites excluding steroid dienone is 1. The Balaban J connectivity index is 1.86. The number of alkyl halides is 3. The maximum atomic E-state index is 12.5. The first-order valence-corrected chi connectivity index (χ1v) is 6.18. The highest BCUT2D eigenvalue weighted by Gasteiger charge is 2.33. The molecule has 0 aliphatic carbocycles. The average Bonchev–Trinajstić information content (AvgIpc) is 2.89. The zero-order valence-corrected chi connectivity index (χ0v) is 9.87. The topological polar surface area (TPSA) is 3.24 Å². The molecule has 3 rings (SSSR count). The van der Waals surface area contributed by atoms with Crippen molar-refractivity contribution in [2.45, 2.75) is 24.9 Å². The van der Waals surface area contributed by atoms with Crippen LogP contribution in [0.4, 0.5) is 13.2 Å². The van der Waals surface area contributed by atoms with E-state index >= 15 is 0 Å². The highest BCUT2D eigenvalue weighted by atomic mass is 19.4. The van der Waals surface area contributed by atoms with Gasteiger partial charge in [0.1, 0.15) is 0 Å². The van der Waals surface area contributed by atoms with Gasteiger partial charge < -0.3 is 4.90 Å². The standard InChI is InChI=1S/C14H14F3N/c15-14(16,17)11-5-3-10(4-6-11)12-7-9-18-8-1-2-13(12)18/h2-6,12H,1,7-9H2. The molecule has 1 unspecified atom stereocenters. The van der Waals surface area contributed by atoms with Crippen LogP contribution in [0.3, 0.4) is 0 Å². The second kappa shape index (κ2) is 4.04. The molecule has 1 aromatic carbocycles. The van der Waals surface area contributed by atoms with E-state index in [0.717, 1.165) is 31.5 Å². The molecule has 0 radical (unpaired) electrons. The van der Waals surface area contributed by atoms with Gasteiger partial charge >= 0.3 is 6.18 Å². The first-order chi connectivity index (χ1) is 8.55. The van der Waals surface area contributed by atoms with Crippen LogP contribution in [0.25, 0.3) is 0 Å². The molecule has 1 fully saturated rings. The lowest BCUT2D eigenvalue weighted by Gasteiger charge is -2.16. The van der Waals surface area contributed by atoms with Crippen LogP contribution < -0.4 is 0 Å². The summed E-state index contributed by atoms with van der Waals surface area (Å²) in [5, 5.41) is 0. The summed E-state index contributed by atoms with van der Waals surface area (Å²) in [6.45, 7) is 2.09. The zero-order chi connectivity index (χ0) is 12.8. The van der Waals surface area contributed by atoms with Gasteiger partial charge in [0.15, 0.2) is 0 Å². The lowest BCUT2D eigenvalue weighted by molar-refractivity contribution is -0.137. The van der Waals surface area contributed by atoms with Crippen molar-refractivity contribution < 1.29 is 13.2 Å². The predicted octanol–water partition coefficient (Wildman–Crippen LogP) is 3.78. The number of fused-ring (bicyclic) bond motifs is 1. The van der Waals surface area contributed by atoms with Crippen molar-refractivity contribution in [1.82, 2.24) is 4.90 Å². The monoisotopic (exact) mass is 253 g/mol. The van der Waals surface area contributed by atoms with E-state index in [4.69, 9.17) is 0 Å². The molecule has 2 aliphatic rings. The Morgan fingerprint density at radius 3 is 2.44 bits per heavy atom. The summed E-state index contributed by atoms with van der Waals surface area (Å²) in [6.07, 6.45) is 0.0475. The Morgan fingerprint density at radius 1 is 1.06 bits per heavy atom. The number of benzene rings is 1. The number of nitrogens with zero attached hydrogens (tertiary/aromatic N) is 1. The lowest BCUT2D eigenvalue weighted by atomic mass is 9.94. The molecule has 1 saturated heterocycles. The van der Waals surface area contributed by atoms with Crippen molar-refractivity contribution in [3.05, 3.63) is 47.2 Å². The second-order valence-electron chi connectivity index (χ2n) is 4.87. The Labute approximate surface area is 104 Å². The van der Waals surface area contributed by atoms with Crippen molar-refractivity contribution in [2.24, 2.45) is 0 Å². The summed E-state index contributed by atoms with van der Waals surface area (Å²) in [7, 11) is 0. The Morgan fingerprint density at radius 2 is 1.78 bits per heavy atom. The van der Waals surface area contributed by atoms with E-state index in [9.17, 15) is 13.2 Å². The zero-order valence-electron chi connectivity index (χ0n) is 9.87. The smallest absolute Gasteiger partial charge is 0.374 e. The Kier molecular flexibility index (Phi) is 2.61. The van der Waals surface area contributed by atoms with E-state index in [-0.39, 0.29) is 5.92 Å². The van der Waals surface area contributed by atoms with Crippen molar-refractivity contribution in [1.29, 1.82) is 0 Å². The van der Waals surface area contributed by atoms with Gasteiger partial charge in [0.05, 0.1) is 5.56 Å². The lowest BCUT2D eigenvalue weighted by Crippen LogP contribution is -2.13. The minimum Gasteiger partial charge on any atom is -0.374 e. The summed E-state index contributed by atoms with van der Waals surface area (Å²) in [4.78, 5) is 2.34. The summed E-state index contributed by atoms with van der Waals surface area (Å²) in [5.74, 6) is 0.287. The van der Waals surface area contributed by atoms with Gasteiger partial charge in [-0.3, -0.25) is 0 Å². The van der Waals surface area contributed by atoms with Crippen LogP contribution in [0.2, 0.25) is 0 Å². The quantitative estimate of drug-likeness (QED) is 0.736. The van der Waals surface area contributed by atoms with Crippen LogP contribution in [0, 0.1) is 0 Å². The van der Waals surface area contributed by atoms with Gasteiger partial charge in [0.25, 0.3) is 0 Å². The minimum atomic E-state index is -4.24. The fourth-order valence-corrected chi connectivity index (χ4v) is 2.90. The van der Waals surface area contributed by atoms with E-state index in [0.29, 0.717) is 0 Å². The second-order valence-corrected chi connectivity index (χ2v) is 4.87. The van der Waals surface area contributed by atoms with Crippen LogP contribution >= 0.6 is 0 Å². The van der Waals surface area contributed by atoms with Crippen molar-refractivity contribution in [2.75, 3.05) is 13.1 Å². The molecule has 1 aromatic rings. The molecular formula is C14H14F3N. The number of rotatable bonds is 1. The molecule has 2 aliphatic heterocycles. The van der Waals surface area contributed by atoms with Crippen LogP contribution in [-0.2, 0) is 6.18 Å². The third kappa shape index (κ3) is 1.89. The molecule has 0 saturated carbocycles. The van der Waals surface area contributed by atoms with Gasteiger partial charge in [-0.2, -0.15) is 13.2 Å². The first-order valence-electron chi connectivity index (χ1n) is 6.18. The molecule has 96 valence electrons. The normalized spacial score (nSPS) is 23.2. The van der Waals surface area contributed by atoms with Crippen LogP contribution in [0.5, 0.6) is 0 Å². The SMILES string of the molecule is FC(F)(F)c1ccc(C2CCN3CCC=C23)cc1. The molecule has 18 heavy (non-hydrogen) atoms. The highest BCUT2D eigenvalue weighted by Crippen LogP contribution is 2.40. The molecular weight excluding hydrogens is 239 g/mol. The van der Waals surface area contributed by atoms with Gasteiger partial charge in [0, 0.05) is 24.7 Å². The van der Waals surface area contributed by atoms with E-state index in [1.165, 1.54) is 17.8 Å². The fourth-order valence-electron chi connectivity index (χ4n) is 2.90. The van der Waals surface area contributed by atoms with Gasteiger partial charge in [-0.25, -0.2) is 0 Å². The highest BCUT2D eigenvalue weighted by molar-refractivity contribution is 5.35. The van der Waals surface area contributed by atoms with Gasteiger partial charge in [0.2, 0.25) is 0 Å². The van der Waals surface area contributed by atoms with Gasteiger partial charge in [-0.1, -0.05) is 18.2 Å². The van der Waals surface area contributed by atoms with E-state index in [1.807, 2.05) is 0 Å².